The molecule has 1 aromatic heterocycles. The zero-order chi connectivity index (χ0) is 16.9. The molecule has 0 bridgehead atoms. The maximum Gasteiger partial charge on any atom is 0.237 e. The van der Waals surface area contributed by atoms with Crippen molar-refractivity contribution >= 4 is 12.4 Å². The molecule has 3 heterocycles. The Morgan fingerprint density at radius 3 is 2.62 bits per heavy atom. The van der Waals surface area contributed by atoms with Gasteiger partial charge in [0.1, 0.15) is 5.75 Å². The summed E-state index contributed by atoms with van der Waals surface area (Å²) in [5, 5.41) is 3.44. The predicted molar refractivity (Wildman–Crippen MR) is 104 cm³/mol. The maximum atomic E-state index is 5.70. The molecule has 2 saturated heterocycles. The van der Waals surface area contributed by atoms with Gasteiger partial charge in [0.25, 0.3) is 0 Å². The van der Waals surface area contributed by atoms with Crippen molar-refractivity contribution < 1.29 is 4.74 Å². The number of piperazine rings is 1. The molecular weight excluding hydrogens is 350 g/mol. The highest BCUT2D eigenvalue weighted by atomic mass is 35.5. The second-order valence-electron chi connectivity index (χ2n) is 6.75. The topological polar surface area (TPSA) is 53.5 Å². The van der Waals surface area contributed by atoms with Crippen LogP contribution in [0.4, 0.5) is 0 Å². The summed E-state index contributed by atoms with van der Waals surface area (Å²) in [5.74, 6) is 1.32. The van der Waals surface area contributed by atoms with E-state index >= 15 is 0 Å². The lowest BCUT2D eigenvalue weighted by atomic mass is 10.2. The van der Waals surface area contributed by atoms with Crippen molar-refractivity contribution in [2.24, 2.45) is 0 Å². The number of benzene rings is 1. The molecule has 6 nitrogen and oxygen atoms in total. The van der Waals surface area contributed by atoms with Gasteiger partial charge < -0.3 is 10.1 Å². The first-order valence-electron chi connectivity index (χ1n) is 9.07. The molecule has 0 spiro atoms. The molecule has 2 aliphatic heterocycles. The lowest BCUT2D eigenvalue weighted by Gasteiger charge is -2.32. The summed E-state index contributed by atoms with van der Waals surface area (Å²) >= 11 is 0. The molecule has 2 aromatic rings. The van der Waals surface area contributed by atoms with Crippen molar-refractivity contribution in [1.82, 2.24) is 25.1 Å². The van der Waals surface area contributed by atoms with Gasteiger partial charge in [-0.3, -0.25) is 14.8 Å². The molecule has 1 N–H and O–H groups in total. The summed E-state index contributed by atoms with van der Waals surface area (Å²) in [6.45, 7) is 8.01. The Morgan fingerprint density at radius 1 is 1.08 bits per heavy atom. The highest BCUT2D eigenvalue weighted by Gasteiger charge is 2.28. The number of hydrogen-bond donors (Lipinski definition) is 1. The first-order chi connectivity index (χ1) is 12.4. The van der Waals surface area contributed by atoms with Crippen molar-refractivity contribution in [1.29, 1.82) is 0 Å². The number of nitrogens with zero attached hydrogens (tertiary/aromatic N) is 4. The van der Waals surface area contributed by atoms with Gasteiger partial charge in [-0.05, 0) is 24.1 Å². The fourth-order valence-electron chi connectivity index (χ4n) is 3.68. The van der Waals surface area contributed by atoms with Crippen LogP contribution in [-0.2, 0) is 6.54 Å². The van der Waals surface area contributed by atoms with Gasteiger partial charge in [-0.15, -0.1) is 12.4 Å². The molecule has 2 aliphatic rings. The molecule has 2 fully saturated rings. The molecule has 1 unspecified atom stereocenters. The second kappa shape index (κ2) is 9.28. The summed E-state index contributed by atoms with van der Waals surface area (Å²) in [6.07, 6.45) is 6.17. The van der Waals surface area contributed by atoms with Crippen LogP contribution in [0.15, 0.2) is 42.9 Å². The van der Waals surface area contributed by atoms with Crippen molar-refractivity contribution in [2.45, 2.75) is 19.0 Å². The lowest BCUT2D eigenvalue weighted by Crippen LogP contribution is -2.49. The van der Waals surface area contributed by atoms with Gasteiger partial charge in [-0.25, -0.2) is 4.98 Å². The third-order valence-corrected chi connectivity index (χ3v) is 5.01. The molecule has 140 valence electrons. The van der Waals surface area contributed by atoms with Crippen molar-refractivity contribution in [3.8, 4) is 11.6 Å². The summed E-state index contributed by atoms with van der Waals surface area (Å²) in [4.78, 5) is 13.3. The number of hydrogen-bond acceptors (Lipinski definition) is 6. The second-order valence-corrected chi connectivity index (χ2v) is 6.75. The van der Waals surface area contributed by atoms with Gasteiger partial charge in [0.05, 0.1) is 6.20 Å². The van der Waals surface area contributed by atoms with Gasteiger partial charge in [-0.1, -0.05) is 12.1 Å². The molecule has 0 saturated carbocycles. The molecule has 0 radical (unpaired) electrons. The Hall–Kier alpha value is -1.73. The van der Waals surface area contributed by atoms with E-state index in [4.69, 9.17) is 4.74 Å². The number of aromatic nitrogens is 2. The number of halogens is 1. The van der Waals surface area contributed by atoms with Crippen LogP contribution in [-0.4, -0.2) is 65.1 Å². The standard InChI is InChI=1S/C19H25N5O.ClH/c1-3-18(25-19-13-21-6-7-22-19)4-2-16(1)14-23-10-5-17(15-23)24-11-8-20-9-12-24;/h1-4,6-7,13,17,20H,5,8-12,14-15H2;1H. The van der Waals surface area contributed by atoms with Gasteiger partial charge in [0.15, 0.2) is 0 Å². The number of nitrogens with one attached hydrogen (secondary N) is 1. The Bertz CT molecular complexity index is 663. The van der Waals surface area contributed by atoms with Gasteiger partial charge in [-0.2, -0.15) is 0 Å². The number of ether oxygens (including phenoxy) is 1. The minimum Gasteiger partial charge on any atom is -0.438 e. The molecule has 7 heteroatoms. The van der Waals surface area contributed by atoms with Crippen molar-refractivity contribution in [3.05, 3.63) is 48.4 Å². The van der Waals surface area contributed by atoms with E-state index in [0.29, 0.717) is 5.88 Å². The van der Waals surface area contributed by atoms with Crippen LogP contribution in [0.2, 0.25) is 0 Å². The Morgan fingerprint density at radius 2 is 1.88 bits per heavy atom. The molecule has 0 aliphatic carbocycles. The summed E-state index contributed by atoms with van der Waals surface area (Å²) < 4.78 is 5.70. The number of likely N-dealkylation sites (tertiary alicyclic amines) is 1. The predicted octanol–water partition coefficient (Wildman–Crippen LogP) is 2.17. The van der Waals surface area contributed by atoms with Crippen molar-refractivity contribution in [3.63, 3.8) is 0 Å². The smallest absolute Gasteiger partial charge is 0.237 e. The molecule has 1 aromatic carbocycles. The minimum absolute atomic E-state index is 0. The van der Waals surface area contributed by atoms with Crippen molar-refractivity contribution in [2.75, 3.05) is 39.3 Å². The van der Waals surface area contributed by atoms with E-state index in [1.807, 2.05) is 12.1 Å². The first kappa shape index (κ1) is 19.0. The van der Waals surface area contributed by atoms with Crippen LogP contribution in [0, 0.1) is 0 Å². The highest BCUT2D eigenvalue weighted by Crippen LogP contribution is 2.22. The van der Waals surface area contributed by atoms with Crippen LogP contribution in [0.5, 0.6) is 11.6 Å². The van der Waals surface area contributed by atoms with E-state index in [1.54, 1.807) is 18.6 Å². The zero-order valence-corrected chi connectivity index (χ0v) is 15.7. The average molecular weight is 376 g/mol. The van der Waals surface area contributed by atoms with Gasteiger partial charge in [0, 0.05) is 64.2 Å². The fraction of sp³-hybridized carbons (Fsp3) is 0.474. The van der Waals surface area contributed by atoms with Gasteiger partial charge in [0.2, 0.25) is 5.88 Å². The maximum absolute atomic E-state index is 5.70. The zero-order valence-electron chi connectivity index (χ0n) is 14.9. The summed E-state index contributed by atoms with van der Waals surface area (Å²) in [5.41, 5.74) is 1.33. The first-order valence-corrected chi connectivity index (χ1v) is 9.07. The van der Waals surface area contributed by atoms with E-state index in [2.05, 4.69) is 37.2 Å². The van der Waals surface area contributed by atoms with E-state index in [1.165, 1.54) is 38.2 Å². The molecule has 26 heavy (non-hydrogen) atoms. The minimum atomic E-state index is 0. The molecule has 1 atom stereocenters. The van der Waals surface area contributed by atoms with E-state index in [0.717, 1.165) is 31.4 Å². The summed E-state index contributed by atoms with van der Waals surface area (Å²) in [6, 6.07) is 9.02. The third kappa shape index (κ3) is 4.92. The third-order valence-electron chi connectivity index (χ3n) is 5.01. The van der Waals surface area contributed by atoms with Crippen LogP contribution < -0.4 is 10.1 Å². The largest absolute Gasteiger partial charge is 0.438 e. The van der Waals surface area contributed by atoms with Gasteiger partial charge >= 0.3 is 0 Å². The Labute approximate surface area is 161 Å². The van der Waals surface area contributed by atoms with Crippen LogP contribution in [0.25, 0.3) is 0 Å². The Kier molecular flexibility index (Phi) is 6.80. The fourth-order valence-corrected chi connectivity index (χ4v) is 3.68. The summed E-state index contributed by atoms with van der Waals surface area (Å²) in [7, 11) is 0. The van der Waals surface area contributed by atoms with E-state index in [9.17, 15) is 0 Å². The normalized spacial score (nSPS) is 21.3. The molecule has 4 rings (SSSR count). The molecular formula is C19H26ClN5O. The molecule has 0 amide bonds. The lowest BCUT2D eigenvalue weighted by molar-refractivity contribution is 0.170. The number of rotatable bonds is 5. The van der Waals surface area contributed by atoms with Crippen LogP contribution in [0.3, 0.4) is 0 Å². The monoisotopic (exact) mass is 375 g/mol. The van der Waals surface area contributed by atoms with Crippen LogP contribution in [0.1, 0.15) is 12.0 Å². The Balaban J connectivity index is 0.00000196. The SMILES string of the molecule is Cl.c1cnc(Oc2ccc(CN3CCC(N4CCNCC4)C3)cc2)cn1. The quantitative estimate of drug-likeness (QED) is 0.864. The highest BCUT2D eigenvalue weighted by molar-refractivity contribution is 5.85. The van der Waals surface area contributed by atoms with Crippen LogP contribution >= 0.6 is 12.4 Å². The average Bonchev–Trinajstić information content (AvgIpc) is 3.14. The van der Waals surface area contributed by atoms with E-state index in [-0.39, 0.29) is 12.4 Å². The van der Waals surface area contributed by atoms with E-state index < -0.39 is 0 Å².